The Morgan fingerprint density at radius 1 is 1.25 bits per heavy atom. The SMILES string of the molecule is [AlH2].[Ca+2].[H-].[H-].[H-].[Na+].[SiH3]. The van der Waals surface area contributed by atoms with E-state index in [2.05, 4.69) is 0 Å². The number of rotatable bonds is 0. The zero-order chi connectivity index (χ0) is 0. The van der Waals surface area contributed by atoms with Crippen LogP contribution in [0.2, 0.25) is 0 Å². The molecule has 0 atom stereocenters. The van der Waals surface area contributed by atoms with E-state index in [9.17, 15) is 0 Å². The van der Waals surface area contributed by atoms with Crippen molar-refractivity contribution in [2.75, 3.05) is 0 Å². The van der Waals surface area contributed by atoms with Crippen molar-refractivity contribution in [1.82, 2.24) is 0 Å². The number of hydrogen-bond donors (Lipinski definition) is 0. The molecule has 0 aromatic carbocycles. The average Bonchev–Trinajstić information content (AvgIpc) is 0. The Morgan fingerprint density at radius 3 is 1.25 bits per heavy atom. The normalized spacial score (nSPS) is 0. The molecule has 0 fully saturated rings. The van der Waals surface area contributed by atoms with Gasteiger partial charge >= 0.3 is 67.3 Å². The van der Waals surface area contributed by atoms with Gasteiger partial charge in [-0.05, 0) is 11.0 Å². The summed E-state index contributed by atoms with van der Waals surface area (Å²) >= 11 is 0. The van der Waals surface area contributed by atoms with Crippen molar-refractivity contribution >= 4 is 66.1 Å². The Hall–Kier alpha value is 3.01. The third kappa shape index (κ3) is 8.89. The Labute approximate surface area is 98.0 Å². The standard InChI is InChI=1S/Al.Ca.Na.H3Si.5H/h;;;1H3;;;;;/q;+2;+1;;;;3*-1. The van der Waals surface area contributed by atoms with Gasteiger partial charge in [-0.1, -0.05) is 0 Å². The summed E-state index contributed by atoms with van der Waals surface area (Å²) in [5.74, 6) is 0. The van der Waals surface area contributed by atoms with Gasteiger partial charge in [-0.15, -0.1) is 0 Å². The molecule has 0 aliphatic carbocycles. The molecule has 0 bridgehead atoms. The second-order valence-electron chi connectivity index (χ2n) is 0. The predicted molar refractivity (Wildman–Crippen MR) is 27.6 cm³/mol. The van der Waals surface area contributed by atoms with Gasteiger partial charge in [0.05, 0.1) is 0 Å². The molecule has 0 nitrogen and oxygen atoms in total. The average molecular weight is 126 g/mol. The quantitative estimate of drug-likeness (QED) is 0.285. The first-order valence-electron chi connectivity index (χ1n) is 0. The van der Waals surface area contributed by atoms with Crippen LogP contribution in [-0.4, -0.2) is 66.1 Å². The van der Waals surface area contributed by atoms with E-state index in [0.29, 0.717) is 0 Å². The van der Waals surface area contributed by atoms with Crippen LogP contribution in [0.1, 0.15) is 4.28 Å². The topological polar surface area (TPSA) is 0 Å². The molecule has 0 unspecified atom stereocenters. The van der Waals surface area contributed by atoms with Crippen LogP contribution in [0.5, 0.6) is 0 Å². The minimum absolute atomic E-state index is 0. The molecule has 0 aliphatic rings. The Balaban J connectivity index is 0. The second-order valence-corrected chi connectivity index (χ2v) is 0. The summed E-state index contributed by atoms with van der Waals surface area (Å²) in [6.45, 7) is 0. The molecular formula is H8AlCaNaSi. The van der Waals surface area contributed by atoms with Crippen LogP contribution in [0.3, 0.4) is 0 Å². The van der Waals surface area contributed by atoms with E-state index in [0.717, 1.165) is 0 Å². The summed E-state index contributed by atoms with van der Waals surface area (Å²) < 4.78 is 0. The third-order valence-corrected chi connectivity index (χ3v) is 0. The summed E-state index contributed by atoms with van der Waals surface area (Å²) in [5.41, 5.74) is 0. The fourth-order valence-corrected chi connectivity index (χ4v) is 0. The van der Waals surface area contributed by atoms with E-state index in [1.807, 2.05) is 0 Å². The predicted octanol–water partition coefficient (Wildman–Crippen LogP) is -5.14. The van der Waals surface area contributed by atoms with Gasteiger partial charge in [0.2, 0.25) is 0 Å². The Bertz CT molecular complexity index is 14.9. The molecule has 0 heterocycles. The molecule has 0 saturated carbocycles. The first-order chi connectivity index (χ1) is 0. The van der Waals surface area contributed by atoms with Gasteiger partial charge in [0.25, 0.3) is 0 Å². The molecule has 0 rings (SSSR count). The van der Waals surface area contributed by atoms with Crippen LogP contribution in [0.4, 0.5) is 0 Å². The van der Waals surface area contributed by atoms with Crippen molar-refractivity contribution < 1.29 is 33.8 Å². The number of hydrogen-bond acceptors (Lipinski definition) is 0. The van der Waals surface area contributed by atoms with Crippen molar-refractivity contribution in [2.45, 2.75) is 0 Å². The summed E-state index contributed by atoms with van der Waals surface area (Å²) in [5, 5.41) is 0. The fraction of sp³-hybridized carbons (Fsp3) is 0. The van der Waals surface area contributed by atoms with Crippen molar-refractivity contribution in [1.29, 1.82) is 0 Å². The van der Waals surface area contributed by atoms with Crippen LogP contribution in [0.25, 0.3) is 0 Å². The molecule has 0 spiro atoms. The maximum Gasteiger partial charge on any atom is 2.00 e. The van der Waals surface area contributed by atoms with Crippen LogP contribution < -0.4 is 29.6 Å². The van der Waals surface area contributed by atoms with E-state index in [-0.39, 0.29) is 99.9 Å². The van der Waals surface area contributed by atoms with E-state index >= 15 is 0 Å². The van der Waals surface area contributed by atoms with E-state index in [1.54, 1.807) is 0 Å². The molecule has 0 saturated heterocycles. The van der Waals surface area contributed by atoms with Gasteiger partial charge in [-0.25, -0.2) is 0 Å². The largest absolute Gasteiger partial charge is 2.00 e. The van der Waals surface area contributed by atoms with Gasteiger partial charge < -0.3 is 4.28 Å². The summed E-state index contributed by atoms with van der Waals surface area (Å²) in [6, 6.07) is 0. The first kappa shape index (κ1) is 28.0. The molecule has 0 aromatic rings. The van der Waals surface area contributed by atoms with Crippen LogP contribution in [0.15, 0.2) is 0 Å². The van der Waals surface area contributed by atoms with Crippen LogP contribution >= 0.6 is 0 Å². The van der Waals surface area contributed by atoms with Crippen molar-refractivity contribution in [3.63, 3.8) is 0 Å². The molecule has 0 aromatic heterocycles. The van der Waals surface area contributed by atoms with Gasteiger partial charge in [-0.2, -0.15) is 0 Å². The molecular weight excluding hydrogens is 118 g/mol. The fourth-order valence-electron chi connectivity index (χ4n) is 0. The monoisotopic (exact) mass is 126 g/mol. The molecule has 4 heteroatoms. The first-order valence-corrected chi connectivity index (χ1v) is 0. The van der Waals surface area contributed by atoms with E-state index < -0.39 is 0 Å². The summed E-state index contributed by atoms with van der Waals surface area (Å²) in [7, 11) is 0. The molecule has 0 N–H and O–H groups in total. The van der Waals surface area contributed by atoms with Gasteiger partial charge in [0.1, 0.15) is 17.4 Å². The third-order valence-electron chi connectivity index (χ3n) is 0. The van der Waals surface area contributed by atoms with Crippen LogP contribution in [0, 0.1) is 0 Å². The van der Waals surface area contributed by atoms with Crippen molar-refractivity contribution in [2.24, 2.45) is 0 Å². The Morgan fingerprint density at radius 2 is 1.25 bits per heavy atom. The maximum absolute atomic E-state index is 0. The smallest absolute Gasteiger partial charge is 1.00 e. The van der Waals surface area contributed by atoms with E-state index in [4.69, 9.17) is 0 Å². The molecule has 0 aliphatic heterocycles. The minimum atomic E-state index is 0. The van der Waals surface area contributed by atoms with Gasteiger partial charge in [0, 0.05) is 0 Å². The van der Waals surface area contributed by atoms with Gasteiger partial charge in [0.15, 0.2) is 0 Å². The van der Waals surface area contributed by atoms with Crippen molar-refractivity contribution in [3.05, 3.63) is 0 Å². The summed E-state index contributed by atoms with van der Waals surface area (Å²) in [6.07, 6.45) is 0. The van der Waals surface area contributed by atoms with E-state index in [1.165, 1.54) is 0 Å². The second kappa shape index (κ2) is 16.7. The summed E-state index contributed by atoms with van der Waals surface area (Å²) in [4.78, 5) is 0. The van der Waals surface area contributed by atoms with Gasteiger partial charge in [-0.3, -0.25) is 0 Å². The molecule has 4 heavy (non-hydrogen) atoms. The zero-order valence-electron chi connectivity index (χ0n) is 6.71. The molecule has 18 valence electrons. The molecule has 0 amide bonds. The van der Waals surface area contributed by atoms with Crippen molar-refractivity contribution in [3.8, 4) is 0 Å². The zero-order valence-corrected chi connectivity index (χ0v) is 11.9. The molecule has 2 radical (unpaired) electrons. The Kier molecular flexibility index (Phi) is 116. The van der Waals surface area contributed by atoms with Crippen LogP contribution in [-0.2, 0) is 0 Å². The maximum atomic E-state index is 0. The minimum Gasteiger partial charge on any atom is -1.00 e.